The maximum Gasteiger partial charge on any atom is 0.0388 e. The van der Waals surface area contributed by atoms with Crippen LogP contribution in [-0.2, 0) is 12.8 Å². The molecule has 0 atom stereocenters. The van der Waals surface area contributed by atoms with Gasteiger partial charge in [-0.2, -0.15) is 0 Å². The first-order valence-corrected chi connectivity index (χ1v) is 8.75. The molecule has 0 bridgehead atoms. The predicted molar refractivity (Wildman–Crippen MR) is 103 cm³/mol. The minimum Gasteiger partial charge on any atom is -0.398 e. The molecule has 0 fully saturated rings. The molecule has 1 heteroatoms. The molecule has 122 valence electrons. The van der Waals surface area contributed by atoms with Crippen LogP contribution in [0.25, 0.3) is 0 Å². The zero-order chi connectivity index (χ0) is 16.9. The zero-order valence-corrected chi connectivity index (χ0v) is 14.5. The molecule has 1 nitrogen and oxygen atoms in total. The summed E-state index contributed by atoms with van der Waals surface area (Å²) in [4.78, 5) is 0. The van der Waals surface area contributed by atoms with Gasteiger partial charge in [0.25, 0.3) is 0 Å². The van der Waals surface area contributed by atoms with Crippen LogP contribution in [0.1, 0.15) is 47.6 Å². The zero-order valence-electron chi connectivity index (χ0n) is 14.5. The average molecular weight is 315 g/mol. The number of aryl methyl sites for hydroxylation is 2. The van der Waals surface area contributed by atoms with Gasteiger partial charge >= 0.3 is 0 Å². The Balaban J connectivity index is 2.24. The molecule has 0 aliphatic carbocycles. The first-order valence-electron chi connectivity index (χ1n) is 8.75. The minimum atomic E-state index is 0.171. The summed E-state index contributed by atoms with van der Waals surface area (Å²) in [5.41, 5.74) is 13.9. The number of anilines is 1. The molecule has 0 aliphatic heterocycles. The first kappa shape index (κ1) is 16.3. The highest BCUT2D eigenvalue weighted by molar-refractivity contribution is 5.61. The second-order valence-electron chi connectivity index (χ2n) is 6.22. The molecule has 0 aliphatic rings. The van der Waals surface area contributed by atoms with Gasteiger partial charge in [0.2, 0.25) is 0 Å². The number of hydrogen-bond acceptors (Lipinski definition) is 1. The number of nitrogens with two attached hydrogens (primary N) is 1. The molecule has 24 heavy (non-hydrogen) atoms. The first-order chi connectivity index (χ1) is 11.7. The molecule has 0 spiro atoms. The van der Waals surface area contributed by atoms with Gasteiger partial charge in [0.1, 0.15) is 0 Å². The molecule has 0 unspecified atom stereocenters. The topological polar surface area (TPSA) is 26.0 Å². The van der Waals surface area contributed by atoms with E-state index in [1.165, 1.54) is 27.8 Å². The van der Waals surface area contributed by atoms with Crippen molar-refractivity contribution < 1.29 is 0 Å². The molecular formula is C23H25N. The van der Waals surface area contributed by atoms with Crippen LogP contribution < -0.4 is 5.73 Å². The van der Waals surface area contributed by atoms with Crippen LogP contribution >= 0.6 is 0 Å². The van der Waals surface area contributed by atoms with Crippen molar-refractivity contribution >= 4 is 5.69 Å². The number of rotatable bonds is 5. The minimum absolute atomic E-state index is 0.171. The molecule has 3 aromatic carbocycles. The van der Waals surface area contributed by atoms with Crippen molar-refractivity contribution in [1.82, 2.24) is 0 Å². The summed E-state index contributed by atoms with van der Waals surface area (Å²) in [6.07, 6.45) is 1.99. The van der Waals surface area contributed by atoms with E-state index in [1.54, 1.807) is 0 Å². The van der Waals surface area contributed by atoms with E-state index in [2.05, 4.69) is 86.6 Å². The average Bonchev–Trinajstić information content (AvgIpc) is 2.65. The van der Waals surface area contributed by atoms with Gasteiger partial charge in [-0.25, -0.2) is 0 Å². The van der Waals surface area contributed by atoms with E-state index in [9.17, 15) is 0 Å². The third kappa shape index (κ3) is 3.21. The molecule has 3 rings (SSSR count). The van der Waals surface area contributed by atoms with Crippen LogP contribution in [0, 0.1) is 0 Å². The molecule has 2 N–H and O–H groups in total. The van der Waals surface area contributed by atoms with Gasteiger partial charge in [-0.15, -0.1) is 0 Å². The van der Waals surface area contributed by atoms with E-state index in [0.29, 0.717) is 0 Å². The molecule has 0 saturated heterocycles. The van der Waals surface area contributed by atoms with E-state index in [1.807, 2.05) is 0 Å². The number of hydrogen-bond donors (Lipinski definition) is 1. The number of nitrogen functional groups attached to an aromatic ring is 1. The molecular weight excluding hydrogens is 290 g/mol. The Hall–Kier alpha value is -2.54. The lowest BCUT2D eigenvalue weighted by molar-refractivity contribution is 0.960. The molecule has 0 heterocycles. The van der Waals surface area contributed by atoms with Crippen molar-refractivity contribution in [3.8, 4) is 0 Å². The monoisotopic (exact) mass is 315 g/mol. The van der Waals surface area contributed by atoms with E-state index in [0.717, 1.165) is 18.5 Å². The maximum atomic E-state index is 6.59. The van der Waals surface area contributed by atoms with Crippen LogP contribution in [-0.4, -0.2) is 0 Å². The highest BCUT2D eigenvalue weighted by Crippen LogP contribution is 2.37. The summed E-state index contributed by atoms with van der Waals surface area (Å²) >= 11 is 0. The molecule has 0 radical (unpaired) electrons. The van der Waals surface area contributed by atoms with E-state index in [4.69, 9.17) is 5.73 Å². The highest BCUT2D eigenvalue weighted by Gasteiger charge is 2.20. The van der Waals surface area contributed by atoms with Crippen molar-refractivity contribution in [3.05, 3.63) is 101 Å². The fourth-order valence-electron chi connectivity index (χ4n) is 3.38. The lowest BCUT2D eigenvalue weighted by Gasteiger charge is -2.23. The summed E-state index contributed by atoms with van der Waals surface area (Å²) in [7, 11) is 0. The second kappa shape index (κ2) is 7.35. The van der Waals surface area contributed by atoms with E-state index < -0.39 is 0 Å². The lowest BCUT2D eigenvalue weighted by Crippen LogP contribution is -2.09. The van der Waals surface area contributed by atoms with Gasteiger partial charge in [0.05, 0.1) is 0 Å². The second-order valence-corrected chi connectivity index (χ2v) is 6.22. The molecule has 0 amide bonds. The van der Waals surface area contributed by atoms with Crippen LogP contribution in [0.2, 0.25) is 0 Å². The Morgan fingerprint density at radius 2 is 1.29 bits per heavy atom. The SMILES string of the molecule is CCc1cc(CC)c(N)c(C(c2ccccc2)c2ccccc2)c1. The number of benzene rings is 3. The third-order valence-corrected chi connectivity index (χ3v) is 4.72. The Kier molecular flexibility index (Phi) is 5.00. The molecule has 0 aromatic heterocycles. The van der Waals surface area contributed by atoms with Gasteiger partial charge in [0, 0.05) is 11.6 Å². The molecule has 0 saturated carbocycles. The van der Waals surface area contributed by atoms with Crippen LogP contribution in [0.15, 0.2) is 72.8 Å². The van der Waals surface area contributed by atoms with Gasteiger partial charge in [-0.05, 0) is 40.7 Å². The Morgan fingerprint density at radius 1 is 0.750 bits per heavy atom. The van der Waals surface area contributed by atoms with E-state index in [-0.39, 0.29) is 5.92 Å². The van der Waals surface area contributed by atoms with Gasteiger partial charge in [0.15, 0.2) is 0 Å². The van der Waals surface area contributed by atoms with Crippen LogP contribution in [0.3, 0.4) is 0 Å². The van der Waals surface area contributed by atoms with Crippen LogP contribution in [0.5, 0.6) is 0 Å². The largest absolute Gasteiger partial charge is 0.398 e. The van der Waals surface area contributed by atoms with Crippen LogP contribution in [0.4, 0.5) is 5.69 Å². The normalized spacial score (nSPS) is 11.0. The third-order valence-electron chi connectivity index (χ3n) is 4.72. The smallest absolute Gasteiger partial charge is 0.0388 e. The summed E-state index contributed by atoms with van der Waals surface area (Å²) in [5, 5.41) is 0. The van der Waals surface area contributed by atoms with Gasteiger partial charge in [-0.1, -0.05) is 86.6 Å². The van der Waals surface area contributed by atoms with Crippen molar-refractivity contribution in [2.75, 3.05) is 5.73 Å². The quantitative estimate of drug-likeness (QED) is 0.483. The maximum absolute atomic E-state index is 6.59. The predicted octanol–water partition coefficient (Wildman–Crippen LogP) is 5.57. The van der Waals surface area contributed by atoms with E-state index >= 15 is 0 Å². The fourth-order valence-corrected chi connectivity index (χ4v) is 3.38. The molecule has 3 aromatic rings. The lowest BCUT2D eigenvalue weighted by atomic mass is 9.82. The highest BCUT2D eigenvalue weighted by atomic mass is 14.6. The van der Waals surface area contributed by atoms with Crippen molar-refractivity contribution in [2.24, 2.45) is 0 Å². The Bertz CT molecular complexity index is 752. The van der Waals surface area contributed by atoms with Crippen molar-refractivity contribution in [2.45, 2.75) is 32.6 Å². The van der Waals surface area contributed by atoms with Crippen molar-refractivity contribution in [1.29, 1.82) is 0 Å². The summed E-state index contributed by atoms with van der Waals surface area (Å²) in [5.74, 6) is 0.171. The fraction of sp³-hybridized carbons (Fsp3) is 0.217. The Morgan fingerprint density at radius 3 is 1.75 bits per heavy atom. The van der Waals surface area contributed by atoms with Crippen molar-refractivity contribution in [3.63, 3.8) is 0 Å². The Labute approximate surface area is 145 Å². The summed E-state index contributed by atoms with van der Waals surface area (Å²) in [6.45, 7) is 4.38. The summed E-state index contributed by atoms with van der Waals surface area (Å²) < 4.78 is 0. The summed E-state index contributed by atoms with van der Waals surface area (Å²) in [6, 6.07) is 25.9. The van der Waals surface area contributed by atoms with Gasteiger partial charge in [-0.3, -0.25) is 0 Å². The van der Waals surface area contributed by atoms with Gasteiger partial charge < -0.3 is 5.73 Å². The standard InChI is InChI=1S/C23H25N/c1-3-17-15-18(4-2)23(24)21(16-17)22(19-11-7-5-8-12-19)20-13-9-6-10-14-20/h5-16,22H,3-4,24H2,1-2H3.